The van der Waals surface area contributed by atoms with Crippen LogP contribution in [0.3, 0.4) is 0 Å². The van der Waals surface area contributed by atoms with Crippen LogP contribution in [0.15, 0.2) is 24.3 Å². The van der Waals surface area contributed by atoms with Crippen LogP contribution in [-0.4, -0.2) is 25.2 Å². The van der Waals surface area contributed by atoms with Gasteiger partial charge in [0.25, 0.3) is 0 Å². The molecular formula is C16H22O4. The molecule has 20 heavy (non-hydrogen) atoms. The second-order valence-corrected chi connectivity index (χ2v) is 4.52. The summed E-state index contributed by atoms with van der Waals surface area (Å²) in [7, 11) is 0. The topological polar surface area (TPSA) is 52.6 Å². The van der Waals surface area contributed by atoms with E-state index in [0.717, 1.165) is 25.7 Å². The maximum Gasteiger partial charge on any atom is 0.339 e. The minimum absolute atomic E-state index is 0.269. The van der Waals surface area contributed by atoms with Gasteiger partial charge < -0.3 is 9.47 Å². The van der Waals surface area contributed by atoms with Gasteiger partial charge in [-0.1, -0.05) is 38.8 Å². The molecule has 0 saturated carbocycles. The Morgan fingerprint density at radius 1 is 0.850 bits per heavy atom. The van der Waals surface area contributed by atoms with E-state index in [2.05, 4.69) is 0 Å². The molecule has 0 saturated heterocycles. The number of carbonyl (C=O) groups excluding carboxylic acids is 2. The minimum atomic E-state index is -0.471. The lowest BCUT2D eigenvalue weighted by atomic mass is 10.4. The van der Waals surface area contributed by atoms with Crippen molar-refractivity contribution in [3.05, 3.63) is 35.4 Å². The number of hydrogen-bond donors (Lipinski definition) is 0. The van der Waals surface area contributed by atoms with Gasteiger partial charge >= 0.3 is 11.9 Å². The van der Waals surface area contributed by atoms with Gasteiger partial charge in [0.05, 0.1) is 24.3 Å². The lowest BCUT2D eigenvalue weighted by Gasteiger charge is -2.09. The van der Waals surface area contributed by atoms with Gasteiger partial charge in [0, 0.05) is 0 Å². The molecule has 110 valence electrons. The van der Waals surface area contributed by atoms with Crippen molar-refractivity contribution in [2.75, 3.05) is 13.2 Å². The van der Waals surface area contributed by atoms with Crippen LogP contribution in [-0.2, 0) is 9.47 Å². The third-order valence-corrected chi connectivity index (χ3v) is 2.83. The van der Waals surface area contributed by atoms with Crippen LogP contribution in [0.1, 0.15) is 60.2 Å². The molecule has 0 N–H and O–H groups in total. The Morgan fingerprint density at radius 3 is 1.60 bits per heavy atom. The Labute approximate surface area is 120 Å². The van der Waals surface area contributed by atoms with Gasteiger partial charge in [-0.15, -0.1) is 0 Å². The van der Waals surface area contributed by atoms with Crippen molar-refractivity contribution in [1.29, 1.82) is 0 Å². The number of benzene rings is 1. The van der Waals surface area contributed by atoms with Gasteiger partial charge in [0.1, 0.15) is 0 Å². The second kappa shape index (κ2) is 9.13. The van der Waals surface area contributed by atoms with E-state index < -0.39 is 11.9 Å². The maximum absolute atomic E-state index is 11.9. The summed E-state index contributed by atoms with van der Waals surface area (Å²) in [6.45, 7) is 4.78. The van der Waals surface area contributed by atoms with E-state index in [4.69, 9.17) is 9.47 Å². The first-order chi connectivity index (χ1) is 9.70. The largest absolute Gasteiger partial charge is 0.462 e. The van der Waals surface area contributed by atoms with Gasteiger partial charge in [0.2, 0.25) is 0 Å². The number of rotatable bonds is 8. The molecule has 0 spiro atoms. The molecule has 0 radical (unpaired) electrons. The predicted molar refractivity (Wildman–Crippen MR) is 76.8 cm³/mol. The highest BCUT2D eigenvalue weighted by atomic mass is 16.5. The fourth-order valence-electron chi connectivity index (χ4n) is 1.61. The Kier molecular flexibility index (Phi) is 7.40. The summed E-state index contributed by atoms with van der Waals surface area (Å²) in [6.07, 6.45) is 3.53. The molecule has 1 aromatic rings. The predicted octanol–water partition coefficient (Wildman–Crippen LogP) is 3.60. The van der Waals surface area contributed by atoms with Crippen LogP contribution in [0.2, 0.25) is 0 Å². The summed E-state index contributed by atoms with van der Waals surface area (Å²) in [5.74, 6) is -0.942. The molecule has 0 aliphatic heterocycles. The highest BCUT2D eigenvalue weighted by molar-refractivity contribution is 6.03. The molecule has 0 aliphatic rings. The number of unbranched alkanes of at least 4 members (excludes halogenated alkanes) is 2. The normalized spacial score (nSPS) is 10.1. The first-order valence-electron chi connectivity index (χ1n) is 7.14. The SMILES string of the molecule is CCCCOC(=O)[13c]1[13cH][13cH][13cH][13cH][13c]1C(=O)OCCCC. The molecule has 0 unspecified atom stereocenters. The van der Waals surface area contributed by atoms with Crippen molar-refractivity contribution in [2.45, 2.75) is 39.5 Å². The molecule has 4 nitrogen and oxygen atoms in total. The zero-order valence-corrected chi connectivity index (χ0v) is 12.2. The van der Waals surface area contributed by atoms with E-state index in [9.17, 15) is 9.59 Å². The number of ether oxygens (including phenoxy) is 2. The van der Waals surface area contributed by atoms with E-state index in [-0.39, 0.29) is 11.1 Å². The molecule has 0 fully saturated rings. The lowest BCUT2D eigenvalue weighted by Crippen LogP contribution is -2.14. The molecule has 0 aromatic heterocycles. The zero-order chi connectivity index (χ0) is 14.8. The van der Waals surface area contributed by atoms with E-state index in [1.54, 1.807) is 24.3 Å². The summed E-state index contributed by atoms with van der Waals surface area (Å²) >= 11 is 0. The maximum atomic E-state index is 11.9. The number of hydrogen-bond acceptors (Lipinski definition) is 4. The molecule has 0 bridgehead atoms. The van der Waals surface area contributed by atoms with Crippen molar-refractivity contribution in [3.8, 4) is 0 Å². The molecular weight excluding hydrogens is 262 g/mol. The average molecular weight is 284 g/mol. The van der Waals surface area contributed by atoms with Crippen LogP contribution >= 0.6 is 0 Å². The van der Waals surface area contributed by atoms with Crippen LogP contribution in [0, 0.1) is 0 Å². The molecule has 0 aliphatic carbocycles. The first-order valence-corrected chi connectivity index (χ1v) is 7.14. The van der Waals surface area contributed by atoms with E-state index in [1.165, 1.54) is 0 Å². The first kappa shape index (κ1) is 16.2. The fourth-order valence-corrected chi connectivity index (χ4v) is 1.61. The van der Waals surface area contributed by atoms with Crippen molar-refractivity contribution in [1.82, 2.24) is 0 Å². The second-order valence-electron chi connectivity index (χ2n) is 4.52. The molecule has 4 heteroatoms. The van der Waals surface area contributed by atoms with Crippen LogP contribution in [0.5, 0.6) is 0 Å². The monoisotopic (exact) mass is 284 g/mol. The summed E-state index contributed by atoms with van der Waals surface area (Å²) in [5, 5.41) is 0. The summed E-state index contributed by atoms with van der Waals surface area (Å²) in [5.41, 5.74) is 0.537. The Bertz CT molecular complexity index is 399. The third-order valence-electron chi connectivity index (χ3n) is 2.83. The smallest absolute Gasteiger partial charge is 0.339 e. The number of esters is 2. The van der Waals surface area contributed by atoms with Crippen LogP contribution in [0.4, 0.5) is 0 Å². The quantitative estimate of drug-likeness (QED) is 0.540. The van der Waals surface area contributed by atoms with E-state index in [0.29, 0.717) is 13.2 Å². The summed E-state index contributed by atoms with van der Waals surface area (Å²) in [6, 6.07) is 6.59. The van der Waals surface area contributed by atoms with Gasteiger partial charge in [-0.05, 0) is 25.0 Å². The van der Waals surface area contributed by atoms with Crippen molar-refractivity contribution < 1.29 is 19.1 Å². The summed E-state index contributed by atoms with van der Waals surface area (Å²) < 4.78 is 10.3. The Hall–Kier alpha value is -1.84. The standard InChI is InChI=1S/C16H22O4/c1-3-5-11-19-15(17)13-9-7-8-10-14(13)16(18)20-12-6-4-2/h7-10H,3-6,11-12H2,1-2H3/i7+1,8+1,9+1,10+1,13+1,14+1. The molecule has 1 rings (SSSR count). The lowest BCUT2D eigenvalue weighted by molar-refractivity contribution is 0.0452. The molecule has 1 aromatic carbocycles. The third kappa shape index (κ3) is 5.03. The average Bonchev–Trinajstić information content (AvgIpc) is 2.47. The highest BCUT2D eigenvalue weighted by Crippen LogP contribution is 2.12. The molecule has 0 atom stereocenters. The summed E-state index contributed by atoms with van der Waals surface area (Å²) in [4.78, 5) is 23.9. The van der Waals surface area contributed by atoms with Gasteiger partial charge in [-0.2, -0.15) is 0 Å². The number of carbonyl (C=O) groups is 2. The minimum Gasteiger partial charge on any atom is -0.462 e. The Balaban J connectivity index is 2.71. The van der Waals surface area contributed by atoms with Gasteiger partial charge in [-0.3, -0.25) is 0 Å². The molecule has 0 amide bonds. The van der Waals surface area contributed by atoms with E-state index in [1.807, 2.05) is 13.8 Å². The van der Waals surface area contributed by atoms with E-state index >= 15 is 0 Å². The van der Waals surface area contributed by atoms with Crippen LogP contribution < -0.4 is 0 Å². The van der Waals surface area contributed by atoms with Crippen molar-refractivity contribution in [2.24, 2.45) is 0 Å². The zero-order valence-electron chi connectivity index (χ0n) is 12.2. The highest BCUT2D eigenvalue weighted by Gasteiger charge is 2.18. The van der Waals surface area contributed by atoms with Gasteiger partial charge in [0.15, 0.2) is 0 Å². The van der Waals surface area contributed by atoms with Crippen LogP contribution in [0.25, 0.3) is 0 Å². The van der Waals surface area contributed by atoms with Crippen molar-refractivity contribution >= 4 is 11.9 Å². The van der Waals surface area contributed by atoms with Gasteiger partial charge in [-0.25, -0.2) is 9.59 Å². The molecule has 0 heterocycles. The fraction of sp³-hybridized carbons (Fsp3) is 0.500. The van der Waals surface area contributed by atoms with Crippen molar-refractivity contribution in [3.63, 3.8) is 0 Å². The Morgan fingerprint density at radius 2 is 1.25 bits per heavy atom.